The van der Waals surface area contributed by atoms with Crippen LogP contribution in [0.15, 0.2) is 16.3 Å². The molecule has 1 N–H and O–H groups in total. The monoisotopic (exact) mass is 368 g/mol. The van der Waals surface area contributed by atoms with E-state index in [1.165, 1.54) is 15.6 Å². The molecule has 2 heterocycles. The molecular weight excluding hydrogens is 348 g/mol. The van der Waals surface area contributed by atoms with Crippen molar-refractivity contribution in [2.75, 3.05) is 38.6 Å². The van der Waals surface area contributed by atoms with E-state index in [0.717, 1.165) is 11.3 Å². The van der Waals surface area contributed by atoms with Gasteiger partial charge >= 0.3 is 0 Å². The van der Waals surface area contributed by atoms with E-state index in [0.29, 0.717) is 26.3 Å². The van der Waals surface area contributed by atoms with Crippen molar-refractivity contribution in [3.63, 3.8) is 0 Å². The van der Waals surface area contributed by atoms with E-state index < -0.39 is 20.0 Å². The summed E-state index contributed by atoms with van der Waals surface area (Å²) < 4.78 is 57.4. The number of thiophene rings is 1. The Morgan fingerprint density at radius 2 is 1.91 bits per heavy atom. The SMILES string of the molecule is CCc1ccc(S(=O)(=O)NCCS(=O)(=O)N2CCOCC2)s1. The van der Waals surface area contributed by atoms with Crippen LogP contribution in [0.25, 0.3) is 0 Å². The fraction of sp³-hybridized carbons (Fsp3) is 0.667. The van der Waals surface area contributed by atoms with E-state index in [-0.39, 0.29) is 16.5 Å². The minimum absolute atomic E-state index is 0.138. The molecule has 126 valence electrons. The molecule has 0 spiro atoms. The molecule has 7 nitrogen and oxygen atoms in total. The Morgan fingerprint density at radius 1 is 1.23 bits per heavy atom. The predicted molar refractivity (Wildman–Crippen MR) is 85.1 cm³/mol. The Morgan fingerprint density at radius 3 is 2.50 bits per heavy atom. The van der Waals surface area contributed by atoms with Gasteiger partial charge in [0.25, 0.3) is 0 Å². The standard InChI is InChI=1S/C12H20N2O5S3/c1-2-11-3-4-12(20-11)22(17,18)13-5-10-21(15,16)14-6-8-19-9-7-14/h3-4,13H,2,5-10H2,1H3. The van der Waals surface area contributed by atoms with Crippen molar-refractivity contribution in [2.45, 2.75) is 17.6 Å². The molecule has 1 fully saturated rings. The maximum absolute atomic E-state index is 12.1. The molecule has 0 saturated carbocycles. The summed E-state index contributed by atoms with van der Waals surface area (Å²) >= 11 is 1.20. The van der Waals surface area contributed by atoms with Gasteiger partial charge in [-0.2, -0.15) is 4.31 Å². The minimum atomic E-state index is -3.64. The lowest BCUT2D eigenvalue weighted by Gasteiger charge is -2.25. The number of hydrogen-bond acceptors (Lipinski definition) is 6. The van der Waals surface area contributed by atoms with E-state index in [4.69, 9.17) is 4.74 Å². The van der Waals surface area contributed by atoms with Crippen LogP contribution < -0.4 is 4.72 Å². The van der Waals surface area contributed by atoms with Crippen molar-refractivity contribution in [1.29, 1.82) is 0 Å². The molecule has 1 aromatic heterocycles. The highest BCUT2D eigenvalue weighted by atomic mass is 32.2. The highest BCUT2D eigenvalue weighted by Crippen LogP contribution is 2.21. The molecule has 1 aliphatic heterocycles. The van der Waals surface area contributed by atoms with E-state index in [2.05, 4.69) is 4.72 Å². The van der Waals surface area contributed by atoms with Crippen molar-refractivity contribution in [3.05, 3.63) is 17.0 Å². The molecule has 22 heavy (non-hydrogen) atoms. The number of aryl methyl sites for hydroxylation is 1. The summed E-state index contributed by atoms with van der Waals surface area (Å²) in [6.45, 7) is 3.20. The molecule has 0 radical (unpaired) electrons. The molecule has 0 atom stereocenters. The summed E-state index contributed by atoms with van der Waals surface area (Å²) in [6, 6.07) is 3.31. The molecule has 1 aliphatic rings. The van der Waals surface area contributed by atoms with Crippen LogP contribution in [0.2, 0.25) is 0 Å². The molecular formula is C12H20N2O5S3. The third-order valence-corrected chi connectivity index (χ3v) is 8.32. The topological polar surface area (TPSA) is 92.8 Å². The predicted octanol–water partition coefficient (Wildman–Crippen LogP) is 0.251. The van der Waals surface area contributed by atoms with E-state index in [9.17, 15) is 16.8 Å². The Bertz CT molecular complexity index is 690. The lowest BCUT2D eigenvalue weighted by molar-refractivity contribution is 0.0730. The van der Waals surface area contributed by atoms with Crippen LogP contribution in [0.5, 0.6) is 0 Å². The Labute approximate surface area is 135 Å². The number of ether oxygens (including phenoxy) is 1. The van der Waals surface area contributed by atoms with Gasteiger partial charge in [-0.1, -0.05) is 6.92 Å². The zero-order chi connectivity index (χ0) is 16.2. The first kappa shape index (κ1) is 17.8. The molecule has 0 aromatic carbocycles. The Balaban J connectivity index is 1.91. The maximum Gasteiger partial charge on any atom is 0.250 e. The average molecular weight is 369 g/mol. The van der Waals surface area contributed by atoms with Gasteiger partial charge in [-0.25, -0.2) is 21.6 Å². The summed E-state index contributed by atoms with van der Waals surface area (Å²) in [6.07, 6.45) is 0.769. The largest absolute Gasteiger partial charge is 0.379 e. The fourth-order valence-corrected chi connectivity index (χ4v) is 5.85. The third kappa shape index (κ3) is 4.49. The molecule has 1 aromatic rings. The first-order chi connectivity index (χ1) is 10.3. The number of morpholine rings is 1. The molecule has 2 rings (SSSR count). The second-order valence-electron chi connectivity index (χ2n) is 4.80. The maximum atomic E-state index is 12.1. The molecule has 10 heteroatoms. The van der Waals surface area contributed by atoms with Gasteiger partial charge in [-0.15, -0.1) is 11.3 Å². The Hall–Kier alpha value is -0.520. The summed E-state index contributed by atoms with van der Waals surface area (Å²) in [5, 5.41) is 0. The number of sulfonamides is 2. The van der Waals surface area contributed by atoms with Gasteiger partial charge in [0.15, 0.2) is 0 Å². The summed E-state index contributed by atoms with van der Waals surface area (Å²) in [7, 11) is -7.10. The van der Waals surface area contributed by atoms with Crippen molar-refractivity contribution in [2.24, 2.45) is 0 Å². The van der Waals surface area contributed by atoms with Gasteiger partial charge in [-0.3, -0.25) is 0 Å². The van der Waals surface area contributed by atoms with Gasteiger partial charge in [-0.05, 0) is 18.6 Å². The fourth-order valence-electron chi connectivity index (χ4n) is 2.02. The van der Waals surface area contributed by atoms with Gasteiger partial charge in [0.1, 0.15) is 4.21 Å². The summed E-state index contributed by atoms with van der Waals surface area (Å²) in [5.74, 6) is -0.252. The quantitative estimate of drug-likeness (QED) is 0.745. The van der Waals surface area contributed by atoms with Crippen LogP contribution in [-0.4, -0.2) is 59.7 Å². The third-order valence-electron chi connectivity index (χ3n) is 3.27. The molecule has 0 amide bonds. The van der Waals surface area contributed by atoms with E-state index >= 15 is 0 Å². The summed E-state index contributed by atoms with van der Waals surface area (Å²) in [5.41, 5.74) is 0. The van der Waals surface area contributed by atoms with Crippen LogP contribution >= 0.6 is 11.3 Å². The second kappa shape index (κ2) is 7.37. The average Bonchev–Trinajstić information content (AvgIpc) is 2.97. The lowest BCUT2D eigenvalue weighted by atomic mass is 10.4. The zero-order valence-electron chi connectivity index (χ0n) is 12.3. The smallest absolute Gasteiger partial charge is 0.250 e. The van der Waals surface area contributed by atoms with Crippen LogP contribution in [0.1, 0.15) is 11.8 Å². The van der Waals surface area contributed by atoms with Crippen LogP contribution in [0, 0.1) is 0 Å². The molecule has 1 saturated heterocycles. The number of nitrogens with one attached hydrogen (secondary N) is 1. The summed E-state index contributed by atoms with van der Waals surface area (Å²) in [4.78, 5) is 0.973. The Kier molecular flexibility index (Phi) is 5.97. The van der Waals surface area contributed by atoms with Gasteiger partial charge < -0.3 is 4.74 Å². The highest BCUT2D eigenvalue weighted by Gasteiger charge is 2.25. The normalized spacial score (nSPS) is 17.7. The second-order valence-corrected chi connectivity index (χ2v) is 10.1. The van der Waals surface area contributed by atoms with Crippen molar-refractivity contribution >= 4 is 31.4 Å². The van der Waals surface area contributed by atoms with Crippen molar-refractivity contribution in [3.8, 4) is 0 Å². The van der Waals surface area contributed by atoms with E-state index in [1.54, 1.807) is 12.1 Å². The molecule has 0 unspecified atom stereocenters. The van der Waals surface area contributed by atoms with Crippen molar-refractivity contribution in [1.82, 2.24) is 9.03 Å². The highest BCUT2D eigenvalue weighted by molar-refractivity contribution is 7.91. The first-order valence-electron chi connectivity index (χ1n) is 6.99. The van der Waals surface area contributed by atoms with Crippen LogP contribution in [0.3, 0.4) is 0 Å². The number of hydrogen-bond donors (Lipinski definition) is 1. The zero-order valence-corrected chi connectivity index (χ0v) is 14.8. The van der Waals surface area contributed by atoms with Crippen LogP contribution in [0.4, 0.5) is 0 Å². The lowest BCUT2D eigenvalue weighted by Crippen LogP contribution is -2.43. The number of rotatable bonds is 7. The van der Waals surface area contributed by atoms with Crippen LogP contribution in [-0.2, 0) is 31.2 Å². The van der Waals surface area contributed by atoms with E-state index in [1.807, 2.05) is 6.92 Å². The molecule has 0 bridgehead atoms. The van der Waals surface area contributed by atoms with Gasteiger partial charge in [0.2, 0.25) is 20.0 Å². The van der Waals surface area contributed by atoms with Crippen molar-refractivity contribution < 1.29 is 21.6 Å². The van der Waals surface area contributed by atoms with Gasteiger partial charge in [0, 0.05) is 24.5 Å². The first-order valence-corrected chi connectivity index (χ1v) is 10.9. The molecule has 0 aliphatic carbocycles. The number of nitrogens with zero attached hydrogens (tertiary/aromatic N) is 1. The minimum Gasteiger partial charge on any atom is -0.379 e. The van der Waals surface area contributed by atoms with Gasteiger partial charge in [0.05, 0.1) is 19.0 Å².